The van der Waals surface area contributed by atoms with Crippen LogP contribution >= 0.6 is 0 Å². The molecule has 0 aromatic heterocycles. The smallest absolute Gasteiger partial charge is 0.310 e. The summed E-state index contributed by atoms with van der Waals surface area (Å²) in [6.07, 6.45) is 0. The molecule has 2 aromatic carbocycles. The average Bonchev–Trinajstić information content (AvgIpc) is 2.62. The van der Waals surface area contributed by atoms with E-state index in [1.54, 1.807) is 43.3 Å². The number of ether oxygens (including phenoxy) is 1. The van der Waals surface area contributed by atoms with Crippen molar-refractivity contribution in [1.82, 2.24) is 0 Å². The summed E-state index contributed by atoms with van der Waals surface area (Å²) >= 11 is 0. The van der Waals surface area contributed by atoms with Crippen molar-refractivity contribution < 1.29 is 19.4 Å². The lowest BCUT2D eigenvalue weighted by Gasteiger charge is -2.11. The fourth-order valence-electron chi connectivity index (χ4n) is 2.19. The first-order valence-corrected chi connectivity index (χ1v) is 6.51. The van der Waals surface area contributed by atoms with Gasteiger partial charge in [-0.15, -0.1) is 0 Å². The van der Waals surface area contributed by atoms with E-state index in [1.807, 2.05) is 6.07 Å². The van der Waals surface area contributed by atoms with Crippen LogP contribution in [0.4, 0.5) is 5.69 Å². The number of hydrogen-bond acceptors (Lipinski definition) is 3. The van der Waals surface area contributed by atoms with Crippen LogP contribution in [0.1, 0.15) is 28.8 Å². The third-order valence-electron chi connectivity index (χ3n) is 3.47. The minimum absolute atomic E-state index is 0.311. The molecule has 0 aliphatic carbocycles. The largest absolute Gasteiger partial charge is 0.481 e. The highest BCUT2D eigenvalue weighted by Gasteiger charge is 2.23. The fourth-order valence-corrected chi connectivity index (χ4v) is 2.19. The lowest BCUT2D eigenvalue weighted by Crippen LogP contribution is -2.12. The zero-order chi connectivity index (χ0) is 15.0. The van der Waals surface area contributed by atoms with Crippen LogP contribution in [0.5, 0.6) is 11.5 Å². The van der Waals surface area contributed by atoms with Gasteiger partial charge in [-0.2, -0.15) is 0 Å². The number of hydrogen-bond donors (Lipinski definition) is 2. The van der Waals surface area contributed by atoms with Crippen LogP contribution in [0.3, 0.4) is 0 Å². The Bertz CT molecular complexity index is 739. The van der Waals surface area contributed by atoms with E-state index in [0.29, 0.717) is 28.3 Å². The first-order valence-electron chi connectivity index (χ1n) is 6.51. The second kappa shape index (κ2) is 4.94. The molecule has 0 spiro atoms. The van der Waals surface area contributed by atoms with Crippen LogP contribution in [0, 0.1) is 0 Å². The number of fused-ring (bicyclic) bond motifs is 2. The van der Waals surface area contributed by atoms with Gasteiger partial charge in [0, 0.05) is 0 Å². The summed E-state index contributed by atoms with van der Waals surface area (Å²) in [5, 5.41) is 11.8. The predicted molar refractivity (Wildman–Crippen MR) is 77.0 cm³/mol. The molecule has 1 aliphatic heterocycles. The van der Waals surface area contributed by atoms with Gasteiger partial charge in [0.05, 0.1) is 17.2 Å². The SMILES string of the molecule is C[C@@H](C(=O)O)c1ccc2c(c1)C(=O)Nc1ccccc1O2. The quantitative estimate of drug-likeness (QED) is 0.887. The normalized spacial score (nSPS) is 14.0. The summed E-state index contributed by atoms with van der Waals surface area (Å²) in [4.78, 5) is 23.3. The molecular formula is C16H13NO4. The van der Waals surface area contributed by atoms with Crippen molar-refractivity contribution in [3.8, 4) is 11.5 Å². The van der Waals surface area contributed by atoms with E-state index in [1.165, 1.54) is 0 Å². The first kappa shape index (κ1) is 13.2. The van der Waals surface area contributed by atoms with E-state index in [-0.39, 0.29) is 5.91 Å². The van der Waals surface area contributed by atoms with Gasteiger partial charge in [-0.3, -0.25) is 9.59 Å². The number of nitrogens with one attached hydrogen (secondary N) is 1. The van der Waals surface area contributed by atoms with Crippen LogP contribution < -0.4 is 10.1 Å². The molecule has 1 atom stereocenters. The molecule has 5 nitrogen and oxygen atoms in total. The molecule has 1 heterocycles. The molecule has 106 valence electrons. The highest BCUT2D eigenvalue weighted by Crippen LogP contribution is 2.36. The van der Waals surface area contributed by atoms with E-state index in [4.69, 9.17) is 9.84 Å². The highest BCUT2D eigenvalue weighted by molar-refractivity contribution is 6.08. The van der Waals surface area contributed by atoms with Crippen molar-refractivity contribution in [3.05, 3.63) is 53.6 Å². The maximum absolute atomic E-state index is 12.3. The summed E-state index contributed by atoms with van der Waals surface area (Å²) in [6, 6.07) is 12.0. The number of carboxylic acid groups (broad SMARTS) is 1. The van der Waals surface area contributed by atoms with Crippen LogP contribution in [0.25, 0.3) is 0 Å². The van der Waals surface area contributed by atoms with Gasteiger partial charge in [0.25, 0.3) is 5.91 Å². The molecule has 1 amide bonds. The van der Waals surface area contributed by atoms with Crippen molar-refractivity contribution in [3.63, 3.8) is 0 Å². The summed E-state index contributed by atoms with van der Waals surface area (Å²) in [5.41, 5.74) is 1.48. The van der Waals surface area contributed by atoms with Crippen LogP contribution in [-0.4, -0.2) is 17.0 Å². The number of amides is 1. The molecule has 0 fully saturated rings. The second-order valence-corrected chi connectivity index (χ2v) is 4.87. The van der Waals surface area contributed by atoms with E-state index < -0.39 is 11.9 Å². The number of carbonyl (C=O) groups is 2. The lowest BCUT2D eigenvalue weighted by atomic mass is 9.98. The Balaban J connectivity index is 2.06. The molecule has 21 heavy (non-hydrogen) atoms. The Morgan fingerprint density at radius 2 is 1.95 bits per heavy atom. The molecule has 1 aliphatic rings. The number of carbonyl (C=O) groups excluding carboxylic acids is 1. The van der Waals surface area contributed by atoms with Crippen molar-refractivity contribution in [2.75, 3.05) is 5.32 Å². The zero-order valence-corrected chi connectivity index (χ0v) is 11.3. The van der Waals surface area contributed by atoms with E-state index in [9.17, 15) is 9.59 Å². The fraction of sp³-hybridized carbons (Fsp3) is 0.125. The average molecular weight is 283 g/mol. The molecule has 2 N–H and O–H groups in total. The third-order valence-corrected chi connectivity index (χ3v) is 3.47. The lowest BCUT2D eigenvalue weighted by molar-refractivity contribution is -0.138. The Labute approximate surface area is 121 Å². The summed E-state index contributed by atoms with van der Waals surface area (Å²) in [7, 11) is 0. The number of anilines is 1. The summed E-state index contributed by atoms with van der Waals surface area (Å²) in [6.45, 7) is 1.58. The molecule has 0 unspecified atom stereocenters. The Morgan fingerprint density at radius 3 is 2.71 bits per heavy atom. The predicted octanol–water partition coefficient (Wildman–Crippen LogP) is 3.23. The monoisotopic (exact) mass is 283 g/mol. The second-order valence-electron chi connectivity index (χ2n) is 4.87. The van der Waals surface area contributed by atoms with Gasteiger partial charge < -0.3 is 15.2 Å². The third kappa shape index (κ3) is 2.33. The van der Waals surface area contributed by atoms with Gasteiger partial charge in [-0.25, -0.2) is 0 Å². The van der Waals surface area contributed by atoms with Crippen molar-refractivity contribution in [2.24, 2.45) is 0 Å². The molecule has 0 saturated heterocycles. The number of carboxylic acids is 1. The topological polar surface area (TPSA) is 75.6 Å². The standard InChI is InChI=1S/C16H13NO4/c1-9(16(19)20)10-6-7-13-11(8-10)15(18)17-12-4-2-3-5-14(12)21-13/h2-9H,1H3,(H,17,18)(H,19,20)/t9-/m1/s1. The molecule has 2 aromatic rings. The minimum atomic E-state index is -0.937. The molecule has 5 heteroatoms. The van der Waals surface area contributed by atoms with E-state index in [2.05, 4.69) is 5.32 Å². The maximum Gasteiger partial charge on any atom is 0.310 e. The Kier molecular flexibility index (Phi) is 3.10. The number of para-hydroxylation sites is 2. The van der Waals surface area contributed by atoms with Crippen LogP contribution in [-0.2, 0) is 4.79 Å². The zero-order valence-electron chi connectivity index (χ0n) is 11.3. The summed E-state index contributed by atoms with van der Waals surface area (Å²) < 4.78 is 5.74. The Hall–Kier alpha value is -2.82. The van der Waals surface area contributed by atoms with Gasteiger partial charge in [-0.05, 0) is 36.8 Å². The number of rotatable bonds is 2. The van der Waals surface area contributed by atoms with Gasteiger partial charge in [-0.1, -0.05) is 18.2 Å². The maximum atomic E-state index is 12.3. The number of aliphatic carboxylic acids is 1. The van der Waals surface area contributed by atoms with Crippen molar-refractivity contribution >= 4 is 17.6 Å². The summed E-state index contributed by atoms with van der Waals surface area (Å²) in [5.74, 6) is -0.960. The van der Waals surface area contributed by atoms with Crippen LogP contribution in [0.15, 0.2) is 42.5 Å². The molecule has 0 saturated carbocycles. The number of benzene rings is 2. The van der Waals surface area contributed by atoms with Crippen molar-refractivity contribution in [2.45, 2.75) is 12.8 Å². The molecule has 0 bridgehead atoms. The Morgan fingerprint density at radius 1 is 1.19 bits per heavy atom. The van der Waals surface area contributed by atoms with Gasteiger partial charge in [0.1, 0.15) is 5.75 Å². The molecule has 0 radical (unpaired) electrons. The molecular weight excluding hydrogens is 270 g/mol. The van der Waals surface area contributed by atoms with Crippen molar-refractivity contribution in [1.29, 1.82) is 0 Å². The molecule has 3 rings (SSSR count). The highest BCUT2D eigenvalue weighted by atomic mass is 16.5. The van der Waals surface area contributed by atoms with Gasteiger partial charge in [0.15, 0.2) is 5.75 Å². The van der Waals surface area contributed by atoms with E-state index >= 15 is 0 Å². The van der Waals surface area contributed by atoms with E-state index in [0.717, 1.165) is 0 Å². The van der Waals surface area contributed by atoms with Gasteiger partial charge in [0.2, 0.25) is 0 Å². The minimum Gasteiger partial charge on any atom is -0.481 e. The first-order chi connectivity index (χ1) is 10.1. The van der Waals surface area contributed by atoms with Crippen LogP contribution in [0.2, 0.25) is 0 Å². The van der Waals surface area contributed by atoms with Gasteiger partial charge >= 0.3 is 5.97 Å².